The Morgan fingerprint density at radius 3 is 2.03 bits per heavy atom. The van der Waals surface area contributed by atoms with Gasteiger partial charge in [-0.15, -0.1) is 0 Å². The summed E-state index contributed by atoms with van der Waals surface area (Å²) >= 11 is 0. The van der Waals surface area contributed by atoms with Crippen molar-refractivity contribution in [1.82, 2.24) is 10.2 Å². The van der Waals surface area contributed by atoms with Gasteiger partial charge in [-0.25, -0.2) is 8.42 Å². The summed E-state index contributed by atoms with van der Waals surface area (Å²) in [5, 5.41) is 13.9. The molecule has 1 unspecified atom stereocenters. The van der Waals surface area contributed by atoms with E-state index in [1.807, 2.05) is 30.3 Å². The van der Waals surface area contributed by atoms with Crippen molar-refractivity contribution in [3.8, 4) is 0 Å². The quantitative estimate of drug-likeness (QED) is 0.276. The molecule has 200 valence electrons. The normalized spacial score (nSPS) is 11.8. The lowest BCUT2D eigenvalue weighted by molar-refractivity contribution is -0.384. The summed E-state index contributed by atoms with van der Waals surface area (Å²) in [6.45, 7) is 3.41. The first-order valence-electron chi connectivity index (χ1n) is 12.1. The molecule has 0 saturated heterocycles. The molecule has 0 heterocycles. The van der Waals surface area contributed by atoms with Crippen LogP contribution in [0.15, 0.2) is 89.8 Å². The summed E-state index contributed by atoms with van der Waals surface area (Å²) < 4.78 is 28.3. The number of non-ortho nitro benzene ring substituents is 1. The Hall–Kier alpha value is -4.25. The van der Waals surface area contributed by atoms with Crippen LogP contribution in [0.3, 0.4) is 0 Å². The van der Waals surface area contributed by atoms with Crippen LogP contribution in [0.1, 0.15) is 25.8 Å². The molecule has 3 aromatic rings. The molecule has 0 aliphatic carbocycles. The molecule has 0 aromatic heterocycles. The number of nitrogens with zero attached hydrogens (tertiary/aromatic N) is 3. The first kappa shape index (κ1) is 28.3. The number of anilines is 1. The Morgan fingerprint density at radius 1 is 0.921 bits per heavy atom. The minimum atomic E-state index is -4.24. The molecular weight excluding hydrogens is 508 g/mol. The predicted octanol–water partition coefficient (Wildman–Crippen LogP) is 3.73. The largest absolute Gasteiger partial charge is 0.355 e. The molecule has 11 heteroatoms. The van der Waals surface area contributed by atoms with Crippen LogP contribution in [0.5, 0.6) is 0 Å². The third kappa shape index (κ3) is 6.74. The fraction of sp³-hybridized carbons (Fsp3) is 0.259. The highest BCUT2D eigenvalue weighted by Gasteiger charge is 2.33. The van der Waals surface area contributed by atoms with Crippen LogP contribution in [-0.4, -0.2) is 49.2 Å². The second kappa shape index (κ2) is 12.8. The summed E-state index contributed by atoms with van der Waals surface area (Å²) in [6.07, 6.45) is 0.313. The van der Waals surface area contributed by atoms with Gasteiger partial charge in [0.25, 0.3) is 15.7 Å². The maximum atomic E-state index is 13.8. The molecule has 3 aromatic carbocycles. The topological polar surface area (TPSA) is 130 Å². The van der Waals surface area contributed by atoms with Crippen molar-refractivity contribution in [2.24, 2.45) is 0 Å². The smallest absolute Gasteiger partial charge is 0.269 e. The standard InChI is InChI=1S/C27H30N4O6S/c1-3-25(27(33)28-4-2)29(19-21-11-7-5-8-12-21)26(32)20-30(22-15-17-23(18-16-22)31(34)35)38(36,37)24-13-9-6-10-14-24/h5-18,25H,3-4,19-20H2,1-2H3,(H,28,33). The van der Waals surface area contributed by atoms with E-state index in [4.69, 9.17) is 0 Å². The minimum Gasteiger partial charge on any atom is -0.355 e. The Labute approximate surface area is 222 Å². The SMILES string of the molecule is CCNC(=O)C(CC)N(Cc1ccccc1)C(=O)CN(c1ccc([N+](=O)[O-])cc1)S(=O)(=O)c1ccccc1. The molecule has 0 aliphatic rings. The molecule has 1 N–H and O–H groups in total. The molecule has 0 fully saturated rings. The second-order valence-corrected chi connectivity index (χ2v) is 10.3. The van der Waals surface area contributed by atoms with Gasteiger partial charge in [-0.05, 0) is 43.2 Å². The van der Waals surface area contributed by atoms with Gasteiger partial charge < -0.3 is 10.2 Å². The lowest BCUT2D eigenvalue weighted by Crippen LogP contribution is -2.52. The van der Waals surface area contributed by atoms with Crippen LogP contribution in [0.2, 0.25) is 0 Å². The van der Waals surface area contributed by atoms with Gasteiger partial charge in [0.1, 0.15) is 12.6 Å². The molecule has 2 amide bonds. The average molecular weight is 539 g/mol. The molecule has 1 atom stereocenters. The Kier molecular flexibility index (Phi) is 9.55. The van der Waals surface area contributed by atoms with Crippen molar-refractivity contribution in [1.29, 1.82) is 0 Å². The number of nitrogens with one attached hydrogen (secondary N) is 1. The van der Waals surface area contributed by atoms with Gasteiger partial charge in [-0.2, -0.15) is 0 Å². The van der Waals surface area contributed by atoms with Gasteiger partial charge in [-0.1, -0.05) is 55.5 Å². The second-order valence-electron chi connectivity index (χ2n) is 8.42. The van der Waals surface area contributed by atoms with Gasteiger partial charge in [0.15, 0.2) is 0 Å². The first-order chi connectivity index (χ1) is 18.2. The van der Waals surface area contributed by atoms with E-state index in [0.717, 1.165) is 9.87 Å². The zero-order valence-electron chi connectivity index (χ0n) is 21.2. The van der Waals surface area contributed by atoms with E-state index in [2.05, 4.69) is 5.32 Å². The zero-order chi connectivity index (χ0) is 27.7. The van der Waals surface area contributed by atoms with E-state index in [9.17, 15) is 28.1 Å². The average Bonchev–Trinajstić information content (AvgIpc) is 2.92. The molecule has 0 bridgehead atoms. The number of sulfonamides is 1. The zero-order valence-corrected chi connectivity index (χ0v) is 22.0. The van der Waals surface area contributed by atoms with Crippen LogP contribution in [0.4, 0.5) is 11.4 Å². The number of hydrogen-bond acceptors (Lipinski definition) is 6. The Bertz CT molecular complexity index is 1350. The lowest BCUT2D eigenvalue weighted by Gasteiger charge is -2.33. The molecular formula is C27H30N4O6S. The number of hydrogen-bond donors (Lipinski definition) is 1. The summed E-state index contributed by atoms with van der Waals surface area (Å²) in [5.74, 6) is -0.933. The van der Waals surface area contributed by atoms with E-state index in [1.54, 1.807) is 32.0 Å². The summed E-state index contributed by atoms with van der Waals surface area (Å²) in [7, 11) is -4.24. The number of carbonyl (C=O) groups is 2. The van der Waals surface area contributed by atoms with Crippen LogP contribution in [0, 0.1) is 10.1 Å². The van der Waals surface area contributed by atoms with E-state index < -0.39 is 33.4 Å². The van der Waals surface area contributed by atoms with Crippen molar-refractivity contribution in [2.75, 3.05) is 17.4 Å². The number of amides is 2. The van der Waals surface area contributed by atoms with E-state index in [1.165, 1.54) is 41.3 Å². The summed E-state index contributed by atoms with van der Waals surface area (Å²) in [4.78, 5) is 38.6. The van der Waals surface area contributed by atoms with Gasteiger partial charge in [0.2, 0.25) is 11.8 Å². The highest BCUT2D eigenvalue weighted by Crippen LogP contribution is 2.26. The Balaban J connectivity index is 2.05. The number of nitro groups is 1. The fourth-order valence-electron chi connectivity index (χ4n) is 3.98. The minimum absolute atomic E-state index is 0.0449. The number of likely N-dealkylation sites (N-methyl/N-ethyl adjacent to an activating group) is 1. The molecule has 0 radical (unpaired) electrons. The van der Waals surface area contributed by atoms with Gasteiger partial charge in [0, 0.05) is 25.2 Å². The Morgan fingerprint density at radius 2 is 1.50 bits per heavy atom. The number of carbonyl (C=O) groups excluding carboxylic acids is 2. The molecule has 38 heavy (non-hydrogen) atoms. The summed E-state index contributed by atoms with van der Waals surface area (Å²) in [5.41, 5.74) is 0.639. The van der Waals surface area contributed by atoms with E-state index in [-0.39, 0.29) is 28.7 Å². The lowest BCUT2D eigenvalue weighted by atomic mass is 10.1. The van der Waals surface area contributed by atoms with Crippen molar-refractivity contribution in [2.45, 2.75) is 37.8 Å². The molecule has 3 rings (SSSR count). The van der Waals surface area contributed by atoms with Crippen molar-refractivity contribution < 1.29 is 22.9 Å². The van der Waals surface area contributed by atoms with Crippen molar-refractivity contribution in [3.05, 3.63) is 101 Å². The maximum Gasteiger partial charge on any atom is 0.269 e. The van der Waals surface area contributed by atoms with Crippen molar-refractivity contribution >= 4 is 33.2 Å². The molecule has 0 saturated carbocycles. The summed E-state index contributed by atoms with van der Waals surface area (Å²) in [6, 6.07) is 20.8. The maximum absolute atomic E-state index is 13.8. The number of benzene rings is 3. The fourth-order valence-corrected chi connectivity index (χ4v) is 5.42. The molecule has 0 spiro atoms. The van der Waals surface area contributed by atoms with E-state index >= 15 is 0 Å². The van der Waals surface area contributed by atoms with Crippen LogP contribution >= 0.6 is 0 Å². The van der Waals surface area contributed by atoms with Crippen LogP contribution < -0.4 is 9.62 Å². The van der Waals surface area contributed by atoms with Crippen LogP contribution in [0.25, 0.3) is 0 Å². The third-order valence-electron chi connectivity index (χ3n) is 5.89. The highest BCUT2D eigenvalue weighted by atomic mass is 32.2. The van der Waals surface area contributed by atoms with Crippen LogP contribution in [-0.2, 0) is 26.2 Å². The van der Waals surface area contributed by atoms with Gasteiger partial charge in [-0.3, -0.25) is 24.0 Å². The third-order valence-corrected chi connectivity index (χ3v) is 7.68. The number of nitro benzene ring substituents is 1. The van der Waals surface area contributed by atoms with E-state index in [0.29, 0.717) is 13.0 Å². The van der Waals surface area contributed by atoms with Gasteiger partial charge in [0.05, 0.1) is 15.5 Å². The first-order valence-corrected chi connectivity index (χ1v) is 13.6. The molecule has 0 aliphatic heterocycles. The van der Waals surface area contributed by atoms with Crippen molar-refractivity contribution in [3.63, 3.8) is 0 Å². The predicted molar refractivity (Wildman–Crippen MR) is 144 cm³/mol. The number of rotatable bonds is 12. The highest BCUT2D eigenvalue weighted by molar-refractivity contribution is 7.92. The monoisotopic (exact) mass is 538 g/mol. The van der Waals surface area contributed by atoms with Gasteiger partial charge >= 0.3 is 0 Å². The molecule has 10 nitrogen and oxygen atoms in total.